The molecular formula is C26H29NO6. The van der Waals surface area contributed by atoms with E-state index in [2.05, 4.69) is 27.7 Å². The van der Waals surface area contributed by atoms with E-state index in [-0.39, 0.29) is 22.4 Å². The number of carbonyl (C=O) groups is 3. The van der Waals surface area contributed by atoms with Gasteiger partial charge in [-0.1, -0.05) is 27.7 Å². The Labute approximate surface area is 192 Å². The number of carbonyl (C=O) groups excluding carboxylic acids is 3. The quantitative estimate of drug-likeness (QED) is 0.600. The molecule has 0 aromatic carbocycles. The summed E-state index contributed by atoms with van der Waals surface area (Å²) in [5, 5.41) is 0. The molecule has 0 saturated carbocycles. The minimum Gasteiger partial charge on any atom is -0.465 e. The number of Topliss-reactive ketones (excluding diaryl/α,β-unsaturated/α-hetero) is 2. The Bertz CT molecular complexity index is 1240. The second-order valence-corrected chi connectivity index (χ2v) is 11.1. The molecule has 33 heavy (non-hydrogen) atoms. The highest BCUT2D eigenvalue weighted by Crippen LogP contribution is 2.53. The first kappa shape index (κ1) is 21.7. The third-order valence-electron chi connectivity index (χ3n) is 7.01. The molecule has 2 aromatic heterocycles. The number of ether oxygens (including phenoxy) is 2. The molecule has 0 saturated heterocycles. The molecule has 0 radical (unpaired) electrons. The number of esters is 1. The highest BCUT2D eigenvalue weighted by Gasteiger charge is 2.49. The first-order valence-electron chi connectivity index (χ1n) is 11.3. The maximum absolute atomic E-state index is 13.4. The average molecular weight is 452 g/mol. The molecule has 2 aromatic rings. The van der Waals surface area contributed by atoms with Crippen molar-refractivity contribution < 1.29 is 28.3 Å². The molecule has 3 aliphatic rings. The molecule has 1 aliphatic heterocycles. The fourth-order valence-corrected chi connectivity index (χ4v) is 5.53. The molecular weight excluding hydrogens is 422 g/mol. The molecule has 174 valence electrons. The topological polar surface area (TPSA) is 87.7 Å². The number of furan rings is 1. The van der Waals surface area contributed by atoms with Crippen LogP contribution in [0, 0.1) is 10.8 Å². The summed E-state index contributed by atoms with van der Waals surface area (Å²) in [7, 11) is 3.09. The summed E-state index contributed by atoms with van der Waals surface area (Å²) in [5.74, 6) is 0.766. The molecule has 3 heterocycles. The van der Waals surface area contributed by atoms with E-state index < -0.39 is 11.9 Å². The molecule has 5 rings (SSSR count). The summed E-state index contributed by atoms with van der Waals surface area (Å²) in [6.45, 7) is 8.23. The minimum absolute atomic E-state index is 0.00820. The minimum atomic E-state index is -0.593. The van der Waals surface area contributed by atoms with Gasteiger partial charge in [0.15, 0.2) is 17.1 Å². The molecule has 2 aliphatic carbocycles. The van der Waals surface area contributed by atoms with Gasteiger partial charge in [-0.3, -0.25) is 9.59 Å². The van der Waals surface area contributed by atoms with Gasteiger partial charge in [-0.25, -0.2) is 4.79 Å². The van der Waals surface area contributed by atoms with Crippen molar-refractivity contribution in [3.8, 4) is 0 Å². The van der Waals surface area contributed by atoms with Crippen LogP contribution in [0.4, 0.5) is 0 Å². The van der Waals surface area contributed by atoms with Crippen LogP contribution in [0.15, 0.2) is 39.2 Å². The Morgan fingerprint density at radius 3 is 2.00 bits per heavy atom. The van der Waals surface area contributed by atoms with Crippen LogP contribution in [0.1, 0.15) is 75.5 Å². The highest BCUT2D eigenvalue weighted by atomic mass is 16.5. The molecule has 0 fully saturated rings. The Hall–Kier alpha value is -3.09. The van der Waals surface area contributed by atoms with Crippen molar-refractivity contribution in [3.63, 3.8) is 0 Å². The molecule has 7 heteroatoms. The first-order valence-corrected chi connectivity index (χ1v) is 11.3. The Balaban J connectivity index is 1.69. The van der Waals surface area contributed by atoms with Crippen molar-refractivity contribution >= 4 is 28.6 Å². The predicted octanol–water partition coefficient (Wildman–Crippen LogP) is 4.96. The fraction of sp³-hybridized carbons (Fsp3) is 0.500. The van der Waals surface area contributed by atoms with Crippen LogP contribution in [-0.4, -0.2) is 29.2 Å². The largest absolute Gasteiger partial charge is 0.465 e. The number of methoxy groups -OCH3 is 1. The lowest BCUT2D eigenvalue weighted by Gasteiger charge is -2.42. The lowest BCUT2D eigenvalue weighted by atomic mass is 9.66. The summed E-state index contributed by atoms with van der Waals surface area (Å²) in [6.07, 6.45) is 2.03. The highest BCUT2D eigenvalue weighted by molar-refractivity contribution is 6.06. The average Bonchev–Trinajstić information content (AvgIpc) is 3.23. The van der Waals surface area contributed by atoms with Crippen molar-refractivity contribution in [1.29, 1.82) is 0 Å². The van der Waals surface area contributed by atoms with Crippen LogP contribution in [-0.2, 0) is 26.1 Å². The van der Waals surface area contributed by atoms with Gasteiger partial charge in [0, 0.05) is 56.0 Å². The number of ketones is 2. The number of hydrogen-bond acceptors (Lipinski definition) is 6. The van der Waals surface area contributed by atoms with E-state index in [1.54, 1.807) is 17.7 Å². The van der Waals surface area contributed by atoms with Gasteiger partial charge in [0.1, 0.15) is 23.0 Å². The molecule has 0 spiro atoms. The number of aromatic nitrogens is 1. The molecule has 0 atom stereocenters. The van der Waals surface area contributed by atoms with Crippen LogP contribution < -0.4 is 0 Å². The van der Waals surface area contributed by atoms with Crippen molar-refractivity contribution in [2.45, 2.75) is 59.3 Å². The predicted molar refractivity (Wildman–Crippen MR) is 120 cm³/mol. The maximum Gasteiger partial charge on any atom is 0.354 e. The van der Waals surface area contributed by atoms with Gasteiger partial charge in [-0.05, 0) is 10.8 Å². The van der Waals surface area contributed by atoms with Gasteiger partial charge in [-0.15, -0.1) is 0 Å². The second kappa shape index (κ2) is 6.95. The Morgan fingerprint density at radius 1 is 0.970 bits per heavy atom. The maximum atomic E-state index is 13.4. The van der Waals surface area contributed by atoms with E-state index >= 15 is 0 Å². The smallest absolute Gasteiger partial charge is 0.354 e. The van der Waals surface area contributed by atoms with Crippen molar-refractivity contribution in [2.75, 3.05) is 7.11 Å². The number of rotatable bonds is 2. The van der Waals surface area contributed by atoms with E-state index in [0.29, 0.717) is 70.9 Å². The molecule has 0 N–H and O–H groups in total. The zero-order valence-corrected chi connectivity index (χ0v) is 20.0. The van der Waals surface area contributed by atoms with Crippen LogP contribution >= 0.6 is 0 Å². The van der Waals surface area contributed by atoms with Crippen molar-refractivity contribution in [1.82, 2.24) is 4.57 Å². The molecule has 7 nitrogen and oxygen atoms in total. The molecule has 0 bridgehead atoms. The zero-order valence-electron chi connectivity index (χ0n) is 20.0. The number of fused-ring (bicyclic) bond motifs is 1. The zero-order chi connectivity index (χ0) is 23.9. The Kier molecular flexibility index (Phi) is 4.58. The third-order valence-corrected chi connectivity index (χ3v) is 7.01. The molecule has 0 amide bonds. The van der Waals surface area contributed by atoms with Gasteiger partial charge in [0.2, 0.25) is 0 Å². The van der Waals surface area contributed by atoms with E-state index in [0.717, 1.165) is 0 Å². The van der Waals surface area contributed by atoms with E-state index in [1.807, 2.05) is 6.07 Å². The standard InChI is InChI=1S/C26H29NO6/c1-25(2)9-15(28)21-19(11-25)33-20-12-26(3,4)10-16(29)22(20)23(21)18-7-13-17(32-18)8-14(27(13)5)24(30)31-6/h7-8,23H,9-12H2,1-6H3. The summed E-state index contributed by atoms with van der Waals surface area (Å²) >= 11 is 0. The van der Waals surface area contributed by atoms with Crippen LogP contribution in [0.5, 0.6) is 0 Å². The van der Waals surface area contributed by atoms with E-state index in [9.17, 15) is 14.4 Å². The summed E-state index contributed by atoms with van der Waals surface area (Å²) in [4.78, 5) is 38.8. The van der Waals surface area contributed by atoms with Gasteiger partial charge in [0.25, 0.3) is 0 Å². The molecule has 0 unspecified atom stereocenters. The van der Waals surface area contributed by atoms with Crippen LogP contribution in [0.25, 0.3) is 11.1 Å². The fourth-order valence-electron chi connectivity index (χ4n) is 5.53. The normalized spacial score (nSPS) is 22.4. The summed E-state index contributed by atoms with van der Waals surface area (Å²) < 4.78 is 19.1. The van der Waals surface area contributed by atoms with E-state index in [1.165, 1.54) is 7.11 Å². The Morgan fingerprint density at radius 2 is 1.52 bits per heavy atom. The summed E-state index contributed by atoms with van der Waals surface area (Å²) in [5.41, 5.74) is 2.23. The number of nitrogens with zero attached hydrogens (tertiary/aromatic N) is 1. The number of allylic oxidation sites excluding steroid dienone is 4. The van der Waals surface area contributed by atoms with Gasteiger partial charge in [-0.2, -0.15) is 0 Å². The lowest BCUT2D eigenvalue weighted by molar-refractivity contribution is -0.120. The number of hydrogen-bond donors (Lipinski definition) is 0. The van der Waals surface area contributed by atoms with Gasteiger partial charge < -0.3 is 18.5 Å². The SMILES string of the molecule is COC(=O)c1cc2oc(C3C4=C(CC(C)(C)CC4=O)OC4=C3C(=O)CC(C)(C)C4)cc2n1C. The third kappa shape index (κ3) is 3.36. The van der Waals surface area contributed by atoms with E-state index in [4.69, 9.17) is 13.9 Å². The van der Waals surface area contributed by atoms with Gasteiger partial charge in [0.05, 0.1) is 18.5 Å². The first-order chi connectivity index (χ1) is 15.4. The monoisotopic (exact) mass is 451 g/mol. The lowest BCUT2D eigenvalue weighted by Crippen LogP contribution is -2.37. The van der Waals surface area contributed by atoms with Gasteiger partial charge >= 0.3 is 5.97 Å². The summed E-state index contributed by atoms with van der Waals surface area (Å²) in [6, 6.07) is 3.46. The van der Waals surface area contributed by atoms with Crippen molar-refractivity contribution in [2.24, 2.45) is 17.9 Å². The van der Waals surface area contributed by atoms with Crippen LogP contribution in [0.2, 0.25) is 0 Å². The van der Waals surface area contributed by atoms with Crippen LogP contribution in [0.3, 0.4) is 0 Å². The van der Waals surface area contributed by atoms with Crippen molar-refractivity contribution in [3.05, 3.63) is 46.3 Å². The number of aryl methyl sites for hydroxylation is 1. The second-order valence-electron chi connectivity index (χ2n) is 11.1.